The molecule has 12 atom stereocenters. The van der Waals surface area contributed by atoms with Crippen LogP contribution >= 0.6 is 0 Å². The summed E-state index contributed by atoms with van der Waals surface area (Å²) in [4.78, 5) is 13.3. The summed E-state index contributed by atoms with van der Waals surface area (Å²) in [6.45, 7) is 2.76. The maximum absolute atomic E-state index is 13.3. The van der Waals surface area contributed by atoms with Gasteiger partial charge in [0.1, 0.15) is 48.8 Å². The molecule has 2 aliphatic rings. The largest absolute Gasteiger partial charge is 0.394 e. The molecule has 2 heterocycles. The molecule has 0 aromatic rings. The van der Waals surface area contributed by atoms with Gasteiger partial charge in [-0.05, 0) is 57.8 Å². The highest BCUT2D eigenvalue weighted by Gasteiger charge is 2.51. The van der Waals surface area contributed by atoms with E-state index in [9.17, 15) is 45.6 Å². The first-order valence-corrected chi connectivity index (χ1v) is 31.5. The number of aliphatic hydroxyl groups is 8. The van der Waals surface area contributed by atoms with E-state index in [-0.39, 0.29) is 12.5 Å². The van der Waals surface area contributed by atoms with Crippen LogP contribution in [0.4, 0.5) is 0 Å². The number of amides is 1. The van der Waals surface area contributed by atoms with Gasteiger partial charge in [-0.3, -0.25) is 4.79 Å². The Morgan fingerprint density at radius 2 is 0.885 bits per heavy atom. The minimum absolute atomic E-state index is 0.210. The van der Waals surface area contributed by atoms with Crippen molar-refractivity contribution in [2.45, 2.75) is 319 Å². The van der Waals surface area contributed by atoms with Crippen molar-refractivity contribution in [3.8, 4) is 0 Å². The standard InChI is InChI=1S/C64H115NO13/c1-3-5-7-9-11-13-15-17-19-21-22-23-24-25-26-27-28-29-30-32-34-36-38-40-42-44-46-48-56(69)65-52(53(68)47-45-43-41-39-37-35-33-31-20-18-16-14-12-10-8-6-4-2)51-75-63-61(74)59(72)62(55(50-67)77-63)78-64-60(73)58(71)57(70)54(49-66)76-64/h5,7,11,13,17,19,22-23,25-26,52-55,57-64,66-68,70-74H,3-4,6,8-10,12,14-16,18,20-21,24,27-51H2,1-2H3,(H,65,69)/b7-5-,13-11-,19-17-,23-22-,26-25-. The van der Waals surface area contributed by atoms with Gasteiger partial charge in [-0.2, -0.15) is 0 Å². The molecular weight excluding hydrogens is 991 g/mol. The zero-order chi connectivity index (χ0) is 56.7. The molecule has 9 N–H and O–H groups in total. The fraction of sp³-hybridized carbons (Fsp3) is 0.828. The lowest BCUT2D eigenvalue weighted by Crippen LogP contribution is -2.65. The van der Waals surface area contributed by atoms with Crippen molar-refractivity contribution < 1.29 is 64.6 Å². The maximum Gasteiger partial charge on any atom is 0.220 e. The van der Waals surface area contributed by atoms with E-state index in [0.717, 1.165) is 89.9 Å². The van der Waals surface area contributed by atoms with Gasteiger partial charge in [0.05, 0.1) is 32.0 Å². The van der Waals surface area contributed by atoms with Crippen LogP contribution in [0.15, 0.2) is 60.8 Å². The number of hydrogen-bond acceptors (Lipinski definition) is 13. The van der Waals surface area contributed by atoms with Crippen LogP contribution in [-0.2, 0) is 23.7 Å². The molecule has 2 aliphatic heterocycles. The number of carbonyl (C=O) groups is 1. The van der Waals surface area contributed by atoms with E-state index >= 15 is 0 Å². The van der Waals surface area contributed by atoms with Gasteiger partial charge < -0.3 is 65.1 Å². The summed E-state index contributed by atoms with van der Waals surface area (Å²) in [5.41, 5.74) is 0. The number of ether oxygens (including phenoxy) is 4. The number of rotatable bonds is 50. The van der Waals surface area contributed by atoms with Crippen molar-refractivity contribution >= 4 is 5.91 Å². The lowest BCUT2D eigenvalue weighted by Gasteiger charge is -2.46. The third kappa shape index (κ3) is 34.2. The number of nitrogens with one attached hydrogen (secondary N) is 1. The Morgan fingerprint density at radius 1 is 0.474 bits per heavy atom. The first kappa shape index (κ1) is 71.8. The predicted molar refractivity (Wildman–Crippen MR) is 314 cm³/mol. The van der Waals surface area contributed by atoms with Crippen LogP contribution in [-0.4, -0.2) is 140 Å². The van der Waals surface area contributed by atoms with E-state index in [4.69, 9.17) is 18.9 Å². The summed E-state index contributed by atoms with van der Waals surface area (Å²) in [5, 5.41) is 87.4. The summed E-state index contributed by atoms with van der Waals surface area (Å²) in [7, 11) is 0. The average molecular weight is 1110 g/mol. The van der Waals surface area contributed by atoms with Gasteiger partial charge in [-0.15, -0.1) is 0 Å². The Morgan fingerprint density at radius 3 is 1.36 bits per heavy atom. The molecule has 0 aromatic carbocycles. The molecule has 78 heavy (non-hydrogen) atoms. The molecule has 2 saturated heterocycles. The molecule has 2 rings (SSSR count). The first-order valence-electron chi connectivity index (χ1n) is 31.5. The molecule has 12 unspecified atom stereocenters. The normalized spacial score (nSPS) is 24.9. The van der Waals surface area contributed by atoms with E-state index in [1.54, 1.807) is 0 Å². The molecule has 0 aliphatic carbocycles. The van der Waals surface area contributed by atoms with Crippen molar-refractivity contribution in [1.82, 2.24) is 5.32 Å². The highest BCUT2D eigenvalue weighted by Crippen LogP contribution is 2.30. The minimum Gasteiger partial charge on any atom is -0.394 e. The lowest BCUT2D eigenvalue weighted by atomic mass is 9.97. The molecular formula is C64H115NO13. The second-order valence-corrected chi connectivity index (χ2v) is 22.2. The van der Waals surface area contributed by atoms with Gasteiger partial charge in [0.2, 0.25) is 5.91 Å². The van der Waals surface area contributed by atoms with Crippen LogP contribution in [0, 0.1) is 0 Å². The highest BCUT2D eigenvalue weighted by atomic mass is 16.7. The second-order valence-electron chi connectivity index (χ2n) is 22.2. The van der Waals surface area contributed by atoms with E-state index < -0.39 is 86.8 Å². The number of carbonyl (C=O) groups excluding carboxylic acids is 1. The van der Waals surface area contributed by atoms with E-state index in [1.165, 1.54) is 128 Å². The van der Waals surface area contributed by atoms with Gasteiger partial charge in [0.25, 0.3) is 0 Å². The topological polar surface area (TPSA) is 228 Å². The van der Waals surface area contributed by atoms with Gasteiger partial charge in [-0.1, -0.05) is 242 Å². The molecule has 1 amide bonds. The number of unbranched alkanes of at least 4 members (excludes halogenated alkanes) is 27. The SMILES string of the molecule is CC/C=C\C/C=C\C/C=C\C/C=C\C/C=C\CCCCCCCCCCCCCC(=O)NC(COC1OC(CO)C(OC2OC(CO)C(O)C(O)C2O)C(O)C1O)C(O)CCCCCCCCCCCCCCCCCCC. The van der Waals surface area contributed by atoms with Gasteiger partial charge in [0, 0.05) is 6.42 Å². The van der Waals surface area contributed by atoms with Gasteiger partial charge >= 0.3 is 0 Å². The zero-order valence-corrected chi connectivity index (χ0v) is 48.9. The van der Waals surface area contributed by atoms with Crippen molar-refractivity contribution in [1.29, 1.82) is 0 Å². The molecule has 0 aromatic heterocycles. The third-order valence-electron chi connectivity index (χ3n) is 15.2. The fourth-order valence-electron chi connectivity index (χ4n) is 10.2. The Bertz CT molecular complexity index is 1540. The Balaban J connectivity index is 1.71. The smallest absolute Gasteiger partial charge is 0.220 e. The molecule has 0 radical (unpaired) electrons. The fourth-order valence-corrected chi connectivity index (χ4v) is 10.2. The van der Waals surface area contributed by atoms with Crippen molar-refractivity contribution in [3.05, 3.63) is 60.8 Å². The molecule has 0 spiro atoms. The van der Waals surface area contributed by atoms with Crippen LogP contribution < -0.4 is 5.32 Å². The average Bonchev–Trinajstić information content (AvgIpc) is 3.44. The Kier molecular flexibility index (Phi) is 45.4. The maximum atomic E-state index is 13.3. The van der Waals surface area contributed by atoms with Crippen LogP contribution in [0.1, 0.15) is 245 Å². The van der Waals surface area contributed by atoms with Gasteiger partial charge in [-0.25, -0.2) is 0 Å². The molecule has 14 heteroatoms. The van der Waals surface area contributed by atoms with Crippen molar-refractivity contribution in [2.24, 2.45) is 0 Å². The Hall–Kier alpha value is -2.31. The quantitative estimate of drug-likeness (QED) is 0.0204. The number of aliphatic hydroxyl groups excluding tert-OH is 8. The van der Waals surface area contributed by atoms with Crippen molar-refractivity contribution in [2.75, 3.05) is 19.8 Å². The summed E-state index contributed by atoms with van der Waals surface area (Å²) in [5.74, 6) is -0.210. The number of hydrogen-bond donors (Lipinski definition) is 9. The van der Waals surface area contributed by atoms with E-state index in [0.29, 0.717) is 12.8 Å². The molecule has 454 valence electrons. The predicted octanol–water partition coefficient (Wildman–Crippen LogP) is 11.3. The Labute approximate surface area is 473 Å². The van der Waals surface area contributed by atoms with Gasteiger partial charge in [0.15, 0.2) is 12.6 Å². The highest BCUT2D eigenvalue weighted by molar-refractivity contribution is 5.76. The summed E-state index contributed by atoms with van der Waals surface area (Å²) in [6, 6.07) is -0.833. The van der Waals surface area contributed by atoms with E-state index in [1.807, 2.05) is 0 Å². The first-order chi connectivity index (χ1) is 38.1. The summed E-state index contributed by atoms with van der Waals surface area (Å²) < 4.78 is 22.9. The summed E-state index contributed by atoms with van der Waals surface area (Å²) >= 11 is 0. The molecule has 2 fully saturated rings. The van der Waals surface area contributed by atoms with Crippen LogP contribution in [0.2, 0.25) is 0 Å². The zero-order valence-electron chi connectivity index (χ0n) is 48.9. The minimum atomic E-state index is -1.78. The molecule has 0 saturated carbocycles. The third-order valence-corrected chi connectivity index (χ3v) is 15.2. The lowest BCUT2D eigenvalue weighted by molar-refractivity contribution is -0.359. The summed E-state index contributed by atoms with van der Waals surface area (Å²) in [6.07, 6.45) is 46.4. The monoisotopic (exact) mass is 1110 g/mol. The second kappa shape index (κ2) is 49.3. The van der Waals surface area contributed by atoms with Crippen LogP contribution in [0.3, 0.4) is 0 Å². The van der Waals surface area contributed by atoms with E-state index in [2.05, 4.69) is 79.9 Å². The number of allylic oxidation sites excluding steroid dienone is 10. The molecule has 0 bridgehead atoms. The van der Waals surface area contributed by atoms with Crippen LogP contribution in [0.25, 0.3) is 0 Å². The van der Waals surface area contributed by atoms with Crippen molar-refractivity contribution in [3.63, 3.8) is 0 Å². The molecule has 14 nitrogen and oxygen atoms in total. The van der Waals surface area contributed by atoms with Crippen LogP contribution in [0.5, 0.6) is 0 Å².